The van der Waals surface area contributed by atoms with E-state index in [4.69, 9.17) is 0 Å². The molecule has 0 unspecified atom stereocenters. The average Bonchev–Trinajstić information content (AvgIpc) is 2.13. The first-order chi connectivity index (χ1) is 6.11. The van der Waals surface area contributed by atoms with E-state index in [-0.39, 0.29) is 0 Å². The first-order valence-electron chi connectivity index (χ1n) is 4.92. The second-order valence-corrected chi connectivity index (χ2v) is 3.51. The van der Waals surface area contributed by atoms with Gasteiger partial charge in [-0.05, 0) is 48.9 Å². The van der Waals surface area contributed by atoms with Crippen LogP contribution in [-0.2, 0) is 12.8 Å². The molecule has 0 saturated carbocycles. The Morgan fingerprint density at radius 1 is 1.15 bits per heavy atom. The van der Waals surface area contributed by atoms with E-state index >= 15 is 0 Å². The van der Waals surface area contributed by atoms with Gasteiger partial charge in [-0.15, -0.1) is 0 Å². The van der Waals surface area contributed by atoms with Gasteiger partial charge in [-0.25, -0.2) is 0 Å². The van der Waals surface area contributed by atoms with Gasteiger partial charge in [0.1, 0.15) is 5.75 Å². The summed E-state index contributed by atoms with van der Waals surface area (Å²) in [6.07, 6.45) is 2.05. The Morgan fingerprint density at radius 2 is 1.77 bits per heavy atom. The standard InChI is InChI=1S/C12H18O/c1-5-10-7-8(3)12(13)9(4)11(10)6-2/h7,13H,5-6H2,1-4H3. The molecule has 0 radical (unpaired) electrons. The van der Waals surface area contributed by atoms with Gasteiger partial charge in [0.25, 0.3) is 0 Å². The summed E-state index contributed by atoms with van der Waals surface area (Å²) < 4.78 is 0. The summed E-state index contributed by atoms with van der Waals surface area (Å²) in [4.78, 5) is 0. The monoisotopic (exact) mass is 178 g/mol. The first-order valence-corrected chi connectivity index (χ1v) is 4.92. The average molecular weight is 178 g/mol. The SMILES string of the molecule is CCc1cc(C)c(O)c(C)c1CC. The van der Waals surface area contributed by atoms with Crippen molar-refractivity contribution >= 4 is 0 Å². The fourth-order valence-electron chi connectivity index (χ4n) is 1.90. The molecule has 0 amide bonds. The molecule has 0 spiro atoms. The van der Waals surface area contributed by atoms with Gasteiger partial charge in [-0.1, -0.05) is 19.9 Å². The summed E-state index contributed by atoms with van der Waals surface area (Å²) in [5, 5.41) is 9.74. The molecule has 1 rings (SSSR count). The van der Waals surface area contributed by atoms with Crippen LogP contribution in [0.15, 0.2) is 6.07 Å². The highest BCUT2D eigenvalue weighted by molar-refractivity contribution is 5.48. The van der Waals surface area contributed by atoms with Crippen LogP contribution in [0.2, 0.25) is 0 Å². The van der Waals surface area contributed by atoms with E-state index in [1.165, 1.54) is 11.1 Å². The van der Waals surface area contributed by atoms with Gasteiger partial charge in [0.05, 0.1) is 0 Å². The van der Waals surface area contributed by atoms with Crippen molar-refractivity contribution in [3.63, 3.8) is 0 Å². The third kappa shape index (κ3) is 1.69. The van der Waals surface area contributed by atoms with Gasteiger partial charge in [-0.2, -0.15) is 0 Å². The van der Waals surface area contributed by atoms with Crippen LogP contribution in [0.3, 0.4) is 0 Å². The minimum Gasteiger partial charge on any atom is -0.507 e. The normalized spacial score (nSPS) is 10.5. The molecule has 1 nitrogen and oxygen atoms in total. The van der Waals surface area contributed by atoms with Gasteiger partial charge in [0.15, 0.2) is 0 Å². The molecule has 1 heteroatoms. The Labute approximate surface area is 80.4 Å². The first kappa shape index (κ1) is 10.1. The van der Waals surface area contributed by atoms with E-state index in [0.29, 0.717) is 5.75 Å². The van der Waals surface area contributed by atoms with Crippen LogP contribution in [0.4, 0.5) is 0 Å². The molecule has 0 bridgehead atoms. The minimum atomic E-state index is 0.467. The zero-order valence-corrected chi connectivity index (χ0v) is 8.94. The summed E-state index contributed by atoms with van der Waals surface area (Å²) in [6.45, 7) is 8.25. The molecule has 1 N–H and O–H groups in total. The summed E-state index contributed by atoms with van der Waals surface area (Å²) in [5.41, 5.74) is 4.73. The van der Waals surface area contributed by atoms with Crippen molar-refractivity contribution < 1.29 is 5.11 Å². The maximum Gasteiger partial charge on any atom is 0.121 e. The number of phenols is 1. The fraction of sp³-hybridized carbons (Fsp3) is 0.500. The predicted molar refractivity (Wildman–Crippen MR) is 56.3 cm³/mol. The van der Waals surface area contributed by atoms with E-state index in [0.717, 1.165) is 24.0 Å². The molecule has 1 aromatic rings. The molecule has 0 atom stereocenters. The van der Waals surface area contributed by atoms with Gasteiger partial charge >= 0.3 is 0 Å². The number of benzene rings is 1. The van der Waals surface area contributed by atoms with Crippen molar-refractivity contribution in [2.75, 3.05) is 0 Å². The molecule has 0 saturated heterocycles. The zero-order chi connectivity index (χ0) is 10.0. The molecule has 13 heavy (non-hydrogen) atoms. The maximum atomic E-state index is 9.74. The quantitative estimate of drug-likeness (QED) is 0.737. The number of hydrogen-bond donors (Lipinski definition) is 1. The second-order valence-electron chi connectivity index (χ2n) is 3.51. The fourth-order valence-corrected chi connectivity index (χ4v) is 1.90. The maximum absolute atomic E-state index is 9.74. The van der Waals surface area contributed by atoms with Gasteiger partial charge < -0.3 is 5.11 Å². The lowest BCUT2D eigenvalue weighted by Gasteiger charge is -2.13. The van der Waals surface area contributed by atoms with Crippen LogP contribution in [0.5, 0.6) is 5.75 Å². The van der Waals surface area contributed by atoms with Crippen LogP contribution >= 0.6 is 0 Å². The predicted octanol–water partition coefficient (Wildman–Crippen LogP) is 3.13. The van der Waals surface area contributed by atoms with Crippen molar-refractivity contribution in [3.8, 4) is 5.75 Å². The highest BCUT2D eigenvalue weighted by Gasteiger charge is 2.09. The highest BCUT2D eigenvalue weighted by Crippen LogP contribution is 2.28. The van der Waals surface area contributed by atoms with Crippen LogP contribution in [-0.4, -0.2) is 5.11 Å². The number of aryl methyl sites for hydroxylation is 2. The Morgan fingerprint density at radius 3 is 2.23 bits per heavy atom. The lowest BCUT2D eigenvalue weighted by atomic mass is 9.94. The highest BCUT2D eigenvalue weighted by atomic mass is 16.3. The van der Waals surface area contributed by atoms with Crippen LogP contribution in [0.1, 0.15) is 36.1 Å². The molecule has 0 heterocycles. The summed E-state index contributed by atoms with van der Waals surface area (Å²) in [5.74, 6) is 0.467. The van der Waals surface area contributed by atoms with Crippen molar-refractivity contribution in [1.29, 1.82) is 0 Å². The van der Waals surface area contributed by atoms with E-state index in [9.17, 15) is 5.11 Å². The van der Waals surface area contributed by atoms with Crippen LogP contribution in [0, 0.1) is 13.8 Å². The van der Waals surface area contributed by atoms with Crippen molar-refractivity contribution in [2.24, 2.45) is 0 Å². The molecule has 1 aromatic carbocycles. The topological polar surface area (TPSA) is 20.2 Å². The number of phenolic OH excluding ortho intramolecular Hbond substituents is 1. The Balaban J connectivity index is 3.39. The molecule has 0 fully saturated rings. The molecule has 0 aliphatic carbocycles. The number of rotatable bonds is 2. The minimum absolute atomic E-state index is 0.467. The molecule has 72 valence electrons. The van der Waals surface area contributed by atoms with Crippen LogP contribution in [0.25, 0.3) is 0 Å². The van der Waals surface area contributed by atoms with Crippen molar-refractivity contribution in [2.45, 2.75) is 40.5 Å². The summed E-state index contributed by atoms with van der Waals surface area (Å²) in [6, 6.07) is 2.10. The van der Waals surface area contributed by atoms with Gasteiger partial charge in [-0.3, -0.25) is 0 Å². The zero-order valence-electron chi connectivity index (χ0n) is 8.94. The lowest BCUT2D eigenvalue weighted by Crippen LogP contribution is -1.97. The largest absolute Gasteiger partial charge is 0.507 e. The Hall–Kier alpha value is -0.980. The number of aromatic hydroxyl groups is 1. The third-order valence-corrected chi connectivity index (χ3v) is 2.69. The van der Waals surface area contributed by atoms with E-state index in [2.05, 4.69) is 19.9 Å². The van der Waals surface area contributed by atoms with Crippen molar-refractivity contribution in [1.82, 2.24) is 0 Å². The lowest BCUT2D eigenvalue weighted by molar-refractivity contribution is 0.465. The second kappa shape index (κ2) is 3.82. The van der Waals surface area contributed by atoms with E-state index in [1.807, 2.05) is 13.8 Å². The summed E-state index contributed by atoms with van der Waals surface area (Å²) >= 11 is 0. The molecule has 0 aliphatic heterocycles. The summed E-state index contributed by atoms with van der Waals surface area (Å²) in [7, 11) is 0. The third-order valence-electron chi connectivity index (χ3n) is 2.69. The smallest absolute Gasteiger partial charge is 0.121 e. The van der Waals surface area contributed by atoms with E-state index < -0.39 is 0 Å². The Kier molecular flexibility index (Phi) is 2.97. The van der Waals surface area contributed by atoms with Crippen LogP contribution < -0.4 is 0 Å². The molecule has 0 aliphatic rings. The molecular weight excluding hydrogens is 160 g/mol. The number of hydrogen-bond acceptors (Lipinski definition) is 1. The molecular formula is C12H18O. The Bertz CT molecular complexity index is 313. The van der Waals surface area contributed by atoms with E-state index in [1.54, 1.807) is 0 Å². The van der Waals surface area contributed by atoms with Crippen molar-refractivity contribution in [3.05, 3.63) is 28.3 Å². The van der Waals surface area contributed by atoms with Gasteiger partial charge in [0.2, 0.25) is 0 Å². The molecule has 0 aromatic heterocycles. The van der Waals surface area contributed by atoms with Gasteiger partial charge in [0, 0.05) is 0 Å².